The lowest BCUT2D eigenvalue weighted by Crippen LogP contribution is -2.30. The Morgan fingerprint density at radius 1 is 1.00 bits per heavy atom. The van der Waals surface area contributed by atoms with Crippen molar-refractivity contribution < 1.29 is 27.6 Å². The highest BCUT2D eigenvalue weighted by Crippen LogP contribution is 2.35. The summed E-state index contributed by atoms with van der Waals surface area (Å²) < 4.78 is 44.7. The van der Waals surface area contributed by atoms with Gasteiger partial charge in [-0.2, -0.15) is 0 Å². The molecule has 0 bridgehead atoms. The summed E-state index contributed by atoms with van der Waals surface area (Å²) in [6.45, 7) is 0.612. The minimum absolute atomic E-state index is 0.0167. The molecule has 32 heavy (non-hydrogen) atoms. The average Bonchev–Trinajstić information content (AvgIpc) is 2.82. The minimum atomic E-state index is -4.05. The number of nitro groups is 1. The van der Waals surface area contributed by atoms with Gasteiger partial charge in [-0.25, -0.2) is 8.42 Å². The van der Waals surface area contributed by atoms with E-state index >= 15 is 0 Å². The highest BCUT2D eigenvalue weighted by molar-refractivity contribution is 7.92. The summed E-state index contributed by atoms with van der Waals surface area (Å²) in [4.78, 5) is 10.7. The molecule has 0 atom stereocenters. The number of ether oxygens (including phenoxy) is 3. The van der Waals surface area contributed by atoms with Crippen LogP contribution in [0.15, 0.2) is 71.6 Å². The van der Waals surface area contributed by atoms with Gasteiger partial charge < -0.3 is 14.2 Å². The summed E-state index contributed by atoms with van der Waals surface area (Å²) in [5.74, 6) is 1.40. The first-order valence-electron chi connectivity index (χ1n) is 9.68. The van der Waals surface area contributed by atoms with Gasteiger partial charge in [0.1, 0.15) is 19.0 Å². The molecule has 4 rings (SSSR count). The van der Waals surface area contributed by atoms with E-state index in [4.69, 9.17) is 14.2 Å². The Morgan fingerprint density at radius 3 is 2.41 bits per heavy atom. The van der Waals surface area contributed by atoms with Crippen molar-refractivity contribution in [3.63, 3.8) is 0 Å². The zero-order valence-electron chi connectivity index (χ0n) is 17.1. The van der Waals surface area contributed by atoms with Crippen LogP contribution in [-0.2, 0) is 16.6 Å². The molecule has 0 N–H and O–H groups in total. The third-order valence-electron chi connectivity index (χ3n) is 4.91. The molecule has 1 aliphatic heterocycles. The molecule has 10 heteroatoms. The second-order valence-corrected chi connectivity index (χ2v) is 8.80. The van der Waals surface area contributed by atoms with Gasteiger partial charge in [0.05, 0.1) is 29.2 Å². The summed E-state index contributed by atoms with van der Waals surface area (Å²) in [6, 6.07) is 16.8. The molecule has 3 aromatic carbocycles. The number of nitrogens with zero attached hydrogens (tertiary/aromatic N) is 2. The Labute approximate surface area is 185 Å². The molecule has 0 aliphatic carbocycles. The predicted molar refractivity (Wildman–Crippen MR) is 117 cm³/mol. The second-order valence-electron chi connectivity index (χ2n) is 6.94. The monoisotopic (exact) mass is 456 g/mol. The summed E-state index contributed by atoms with van der Waals surface area (Å²) in [5.41, 5.74) is 0.734. The van der Waals surface area contributed by atoms with Gasteiger partial charge in [0.15, 0.2) is 11.5 Å². The second kappa shape index (κ2) is 8.75. The number of sulfonamides is 1. The van der Waals surface area contributed by atoms with Crippen molar-refractivity contribution >= 4 is 21.4 Å². The zero-order valence-corrected chi connectivity index (χ0v) is 17.9. The zero-order chi connectivity index (χ0) is 22.7. The Hall–Kier alpha value is -3.79. The van der Waals surface area contributed by atoms with Crippen LogP contribution in [0.3, 0.4) is 0 Å². The minimum Gasteiger partial charge on any atom is -0.497 e. The molecule has 0 aromatic heterocycles. The van der Waals surface area contributed by atoms with Crippen LogP contribution < -0.4 is 18.5 Å². The molecule has 0 saturated carbocycles. The van der Waals surface area contributed by atoms with Gasteiger partial charge in [0, 0.05) is 18.2 Å². The van der Waals surface area contributed by atoms with Crippen molar-refractivity contribution in [1.82, 2.24) is 0 Å². The number of hydrogen-bond acceptors (Lipinski definition) is 7. The Balaban J connectivity index is 1.77. The molecule has 0 spiro atoms. The standard InChI is InChI=1S/C22H20N2O7S/c1-29-19-7-5-17(6-8-19)23(15-16-3-2-4-18(13-16)24(25)26)32(27,28)20-9-10-21-22(14-20)31-12-11-30-21/h2-10,13-14H,11-12,15H2,1H3. The Morgan fingerprint density at radius 2 is 1.72 bits per heavy atom. The van der Waals surface area contributed by atoms with Crippen LogP contribution in [-0.4, -0.2) is 33.7 Å². The first-order valence-corrected chi connectivity index (χ1v) is 11.1. The van der Waals surface area contributed by atoms with E-state index in [2.05, 4.69) is 0 Å². The van der Waals surface area contributed by atoms with E-state index in [1.807, 2.05) is 0 Å². The molecular weight excluding hydrogens is 436 g/mol. The van der Waals surface area contributed by atoms with E-state index in [1.54, 1.807) is 36.4 Å². The van der Waals surface area contributed by atoms with Gasteiger partial charge >= 0.3 is 0 Å². The molecule has 9 nitrogen and oxygen atoms in total. The third-order valence-corrected chi connectivity index (χ3v) is 6.68. The van der Waals surface area contributed by atoms with Crippen molar-refractivity contribution in [2.45, 2.75) is 11.4 Å². The SMILES string of the molecule is COc1ccc(N(Cc2cccc([N+](=O)[O-])c2)S(=O)(=O)c2ccc3c(c2)OCCO3)cc1. The summed E-state index contributed by atoms with van der Waals surface area (Å²) in [6.07, 6.45) is 0. The molecule has 0 radical (unpaired) electrons. The molecule has 3 aromatic rings. The van der Waals surface area contributed by atoms with Crippen molar-refractivity contribution in [3.8, 4) is 17.2 Å². The van der Waals surface area contributed by atoms with Crippen LogP contribution in [0.2, 0.25) is 0 Å². The van der Waals surface area contributed by atoms with Crippen LogP contribution in [0.4, 0.5) is 11.4 Å². The lowest BCUT2D eigenvalue weighted by atomic mass is 10.2. The van der Waals surface area contributed by atoms with Gasteiger partial charge in [-0.05, 0) is 42.0 Å². The van der Waals surface area contributed by atoms with Crippen LogP contribution in [0.1, 0.15) is 5.56 Å². The van der Waals surface area contributed by atoms with E-state index in [-0.39, 0.29) is 17.1 Å². The number of methoxy groups -OCH3 is 1. The highest BCUT2D eigenvalue weighted by atomic mass is 32.2. The van der Waals surface area contributed by atoms with Crippen molar-refractivity contribution in [2.24, 2.45) is 0 Å². The largest absolute Gasteiger partial charge is 0.497 e. The van der Waals surface area contributed by atoms with Crippen molar-refractivity contribution in [2.75, 3.05) is 24.6 Å². The number of anilines is 1. The fourth-order valence-electron chi connectivity index (χ4n) is 3.31. The van der Waals surface area contributed by atoms with Gasteiger partial charge in [-0.1, -0.05) is 12.1 Å². The molecule has 1 aliphatic rings. The van der Waals surface area contributed by atoms with Gasteiger partial charge in [0.2, 0.25) is 0 Å². The smallest absolute Gasteiger partial charge is 0.269 e. The number of non-ortho nitro benzene ring substituents is 1. The molecule has 166 valence electrons. The van der Waals surface area contributed by atoms with Gasteiger partial charge in [-0.3, -0.25) is 14.4 Å². The predicted octanol–water partition coefficient (Wildman–Crippen LogP) is 3.77. The van der Waals surface area contributed by atoms with E-state index in [0.29, 0.717) is 41.7 Å². The first kappa shape index (κ1) is 21.4. The normalized spacial score (nSPS) is 12.8. The lowest BCUT2D eigenvalue weighted by molar-refractivity contribution is -0.384. The van der Waals surface area contributed by atoms with Crippen molar-refractivity contribution in [1.29, 1.82) is 0 Å². The molecular formula is C22H20N2O7S. The van der Waals surface area contributed by atoms with E-state index in [0.717, 1.165) is 0 Å². The van der Waals surface area contributed by atoms with Crippen LogP contribution >= 0.6 is 0 Å². The topological polar surface area (TPSA) is 108 Å². The van der Waals surface area contributed by atoms with E-state index in [9.17, 15) is 18.5 Å². The van der Waals surface area contributed by atoms with E-state index < -0.39 is 14.9 Å². The fraction of sp³-hybridized carbons (Fsp3) is 0.182. The average molecular weight is 456 g/mol. The maximum absolute atomic E-state index is 13.7. The van der Waals surface area contributed by atoms with Crippen LogP contribution in [0, 0.1) is 10.1 Å². The molecule has 1 heterocycles. The molecule has 0 amide bonds. The summed E-state index contributed by atoms with van der Waals surface area (Å²) in [5, 5.41) is 11.2. The van der Waals surface area contributed by atoms with Crippen LogP contribution in [0.25, 0.3) is 0 Å². The fourth-order valence-corrected chi connectivity index (χ4v) is 4.78. The van der Waals surface area contributed by atoms with Gasteiger partial charge in [0.25, 0.3) is 15.7 Å². The number of hydrogen-bond donors (Lipinski definition) is 0. The summed E-state index contributed by atoms with van der Waals surface area (Å²) in [7, 11) is -2.54. The van der Waals surface area contributed by atoms with Crippen molar-refractivity contribution in [3.05, 3.63) is 82.4 Å². The van der Waals surface area contributed by atoms with E-state index in [1.165, 1.54) is 41.7 Å². The Bertz CT molecular complexity index is 1240. The van der Waals surface area contributed by atoms with Gasteiger partial charge in [-0.15, -0.1) is 0 Å². The number of rotatable bonds is 7. The lowest BCUT2D eigenvalue weighted by Gasteiger charge is -2.26. The number of fused-ring (bicyclic) bond motifs is 1. The maximum Gasteiger partial charge on any atom is 0.269 e. The quantitative estimate of drug-likeness (QED) is 0.393. The maximum atomic E-state index is 13.7. The highest BCUT2D eigenvalue weighted by Gasteiger charge is 2.28. The number of nitro benzene ring substituents is 1. The Kier molecular flexibility index (Phi) is 5.87. The molecule has 0 saturated heterocycles. The molecule has 0 fully saturated rings. The number of benzene rings is 3. The molecule has 0 unspecified atom stereocenters. The third kappa shape index (κ3) is 4.30. The van der Waals surface area contributed by atoms with Crippen LogP contribution in [0.5, 0.6) is 17.2 Å². The first-order chi connectivity index (χ1) is 15.4. The summed E-state index contributed by atoms with van der Waals surface area (Å²) >= 11 is 0.